The molecule has 0 spiro atoms. The maximum Gasteiger partial charge on any atom is 0.234 e. The molecule has 1 aliphatic rings. The summed E-state index contributed by atoms with van der Waals surface area (Å²) in [4.78, 5) is 16.5. The Kier molecular flexibility index (Phi) is 5.61. The van der Waals surface area contributed by atoms with Crippen LogP contribution in [0.25, 0.3) is 0 Å². The third kappa shape index (κ3) is 4.46. The van der Waals surface area contributed by atoms with Gasteiger partial charge in [-0.15, -0.1) is 0 Å². The van der Waals surface area contributed by atoms with Crippen LogP contribution in [-0.2, 0) is 11.8 Å². The average Bonchev–Trinajstić information content (AvgIpc) is 2.91. The van der Waals surface area contributed by atoms with Crippen molar-refractivity contribution < 1.29 is 4.79 Å². The van der Waals surface area contributed by atoms with E-state index in [2.05, 4.69) is 34.1 Å². The minimum Gasteiger partial charge on any atom is -0.367 e. The molecular formula is C15H27N5O. The van der Waals surface area contributed by atoms with Crippen molar-refractivity contribution >= 4 is 11.6 Å². The number of hydrogen-bond donors (Lipinski definition) is 1. The summed E-state index contributed by atoms with van der Waals surface area (Å²) in [7, 11) is 1.93. The number of aryl methyl sites for hydroxylation is 1. The third-order valence-electron chi connectivity index (χ3n) is 4.10. The first kappa shape index (κ1) is 15.8. The summed E-state index contributed by atoms with van der Waals surface area (Å²) in [6, 6.07) is 0.238. The summed E-state index contributed by atoms with van der Waals surface area (Å²) in [5, 5.41) is 7.40. The normalized spacial score (nSPS) is 19.0. The van der Waals surface area contributed by atoms with Crippen LogP contribution in [0.2, 0.25) is 0 Å². The van der Waals surface area contributed by atoms with Crippen molar-refractivity contribution in [3.8, 4) is 0 Å². The standard InChI is InChI=1S/C15H27N5O/c1-4-19(5-2)12-15(21)17-13-7-6-8-20(10-13)14-9-16-18(3)11-14/h9,11,13H,4-8,10,12H2,1-3H3,(H,17,21)/t13-/m0/s1. The molecule has 1 N–H and O–H groups in total. The van der Waals surface area contributed by atoms with E-state index >= 15 is 0 Å². The Bertz CT molecular complexity index is 455. The van der Waals surface area contributed by atoms with E-state index in [9.17, 15) is 4.79 Å². The quantitative estimate of drug-likeness (QED) is 0.845. The zero-order valence-electron chi connectivity index (χ0n) is 13.4. The van der Waals surface area contributed by atoms with E-state index < -0.39 is 0 Å². The molecule has 0 saturated carbocycles. The van der Waals surface area contributed by atoms with Crippen molar-refractivity contribution in [2.24, 2.45) is 7.05 Å². The first-order valence-electron chi connectivity index (χ1n) is 7.87. The Morgan fingerprint density at radius 3 is 2.86 bits per heavy atom. The van der Waals surface area contributed by atoms with Gasteiger partial charge in [0.2, 0.25) is 5.91 Å². The molecule has 0 aliphatic carbocycles. The number of nitrogens with zero attached hydrogens (tertiary/aromatic N) is 4. The summed E-state index contributed by atoms with van der Waals surface area (Å²) in [6.45, 7) is 8.40. The SMILES string of the molecule is CCN(CC)CC(=O)N[C@H]1CCCN(c2cnn(C)c2)C1. The Morgan fingerprint density at radius 1 is 1.48 bits per heavy atom. The van der Waals surface area contributed by atoms with Crippen LogP contribution in [0.15, 0.2) is 12.4 Å². The molecule has 1 saturated heterocycles. The number of carbonyl (C=O) groups excluding carboxylic acids is 1. The number of rotatable bonds is 6. The average molecular weight is 293 g/mol. The predicted octanol–water partition coefficient (Wildman–Crippen LogP) is 0.847. The lowest BCUT2D eigenvalue weighted by Gasteiger charge is -2.34. The van der Waals surface area contributed by atoms with E-state index in [0.717, 1.165) is 44.7 Å². The second-order valence-corrected chi connectivity index (χ2v) is 5.69. The van der Waals surface area contributed by atoms with Gasteiger partial charge in [0, 0.05) is 32.4 Å². The highest BCUT2D eigenvalue weighted by molar-refractivity contribution is 5.78. The van der Waals surface area contributed by atoms with Crippen molar-refractivity contribution in [2.75, 3.05) is 37.6 Å². The molecule has 0 unspecified atom stereocenters. The highest BCUT2D eigenvalue weighted by Crippen LogP contribution is 2.18. The number of anilines is 1. The number of nitrogens with one attached hydrogen (secondary N) is 1. The number of aromatic nitrogens is 2. The van der Waals surface area contributed by atoms with Gasteiger partial charge >= 0.3 is 0 Å². The van der Waals surface area contributed by atoms with Crippen LogP contribution in [0.1, 0.15) is 26.7 Å². The number of amides is 1. The van der Waals surface area contributed by atoms with Crippen molar-refractivity contribution in [3.63, 3.8) is 0 Å². The van der Waals surface area contributed by atoms with Gasteiger partial charge in [-0.05, 0) is 25.9 Å². The Hall–Kier alpha value is -1.56. The molecule has 1 fully saturated rings. The van der Waals surface area contributed by atoms with Crippen LogP contribution in [0.4, 0.5) is 5.69 Å². The van der Waals surface area contributed by atoms with Crippen LogP contribution in [0, 0.1) is 0 Å². The Morgan fingerprint density at radius 2 is 2.24 bits per heavy atom. The molecule has 0 bridgehead atoms. The fourth-order valence-corrected chi connectivity index (χ4v) is 2.82. The number of piperidine rings is 1. The maximum absolute atomic E-state index is 12.1. The summed E-state index contributed by atoms with van der Waals surface area (Å²) in [6.07, 6.45) is 6.08. The predicted molar refractivity (Wildman–Crippen MR) is 84.4 cm³/mol. The first-order valence-corrected chi connectivity index (χ1v) is 7.87. The van der Waals surface area contributed by atoms with Gasteiger partial charge in [-0.25, -0.2) is 0 Å². The van der Waals surface area contributed by atoms with Crippen LogP contribution in [-0.4, -0.2) is 59.4 Å². The molecule has 6 nitrogen and oxygen atoms in total. The lowest BCUT2D eigenvalue weighted by atomic mass is 10.1. The molecule has 1 atom stereocenters. The van der Waals surface area contributed by atoms with Crippen LogP contribution < -0.4 is 10.2 Å². The molecule has 21 heavy (non-hydrogen) atoms. The zero-order valence-corrected chi connectivity index (χ0v) is 13.4. The van der Waals surface area contributed by atoms with Gasteiger partial charge in [-0.1, -0.05) is 13.8 Å². The molecule has 0 radical (unpaired) electrons. The van der Waals surface area contributed by atoms with E-state index in [1.165, 1.54) is 0 Å². The molecule has 1 aromatic rings. The lowest BCUT2D eigenvalue weighted by molar-refractivity contribution is -0.122. The molecule has 118 valence electrons. The second-order valence-electron chi connectivity index (χ2n) is 5.69. The van der Waals surface area contributed by atoms with Crippen molar-refractivity contribution in [1.29, 1.82) is 0 Å². The van der Waals surface area contributed by atoms with Crippen molar-refractivity contribution in [1.82, 2.24) is 20.0 Å². The van der Waals surface area contributed by atoms with Gasteiger partial charge in [-0.2, -0.15) is 5.10 Å². The molecule has 1 aromatic heterocycles. The maximum atomic E-state index is 12.1. The van der Waals surface area contributed by atoms with E-state index in [0.29, 0.717) is 6.54 Å². The van der Waals surface area contributed by atoms with E-state index in [1.807, 2.05) is 24.1 Å². The minimum absolute atomic E-state index is 0.136. The first-order chi connectivity index (χ1) is 10.1. The Labute approximate surface area is 127 Å². The van der Waals surface area contributed by atoms with Crippen molar-refractivity contribution in [3.05, 3.63) is 12.4 Å². The van der Waals surface area contributed by atoms with Crippen LogP contribution in [0.5, 0.6) is 0 Å². The molecule has 0 aromatic carbocycles. The smallest absolute Gasteiger partial charge is 0.234 e. The van der Waals surface area contributed by atoms with Gasteiger partial charge in [0.05, 0.1) is 18.4 Å². The zero-order chi connectivity index (χ0) is 15.2. The van der Waals surface area contributed by atoms with E-state index in [-0.39, 0.29) is 11.9 Å². The van der Waals surface area contributed by atoms with E-state index in [1.54, 1.807) is 0 Å². The van der Waals surface area contributed by atoms with Crippen LogP contribution in [0.3, 0.4) is 0 Å². The summed E-state index contributed by atoms with van der Waals surface area (Å²) in [5.41, 5.74) is 1.14. The van der Waals surface area contributed by atoms with Gasteiger partial charge in [0.25, 0.3) is 0 Å². The summed E-state index contributed by atoms with van der Waals surface area (Å²) < 4.78 is 1.82. The van der Waals surface area contributed by atoms with Gasteiger partial charge in [-0.3, -0.25) is 14.4 Å². The molecule has 1 aliphatic heterocycles. The fourth-order valence-electron chi connectivity index (χ4n) is 2.82. The number of carbonyl (C=O) groups is 1. The number of likely N-dealkylation sites (N-methyl/N-ethyl adjacent to an activating group) is 1. The highest BCUT2D eigenvalue weighted by Gasteiger charge is 2.22. The highest BCUT2D eigenvalue weighted by atomic mass is 16.2. The van der Waals surface area contributed by atoms with Crippen LogP contribution >= 0.6 is 0 Å². The minimum atomic E-state index is 0.136. The Balaban J connectivity index is 1.85. The molecule has 2 rings (SSSR count). The largest absolute Gasteiger partial charge is 0.367 e. The molecule has 6 heteroatoms. The lowest BCUT2D eigenvalue weighted by Crippen LogP contribution is -2.50. The topological polar surface area (TPSA) is 53.4 Å². The van der Waals surface area contributed by atoms with Gasteiger partial charge in [0.15, 0.2) is 0 Å². The molecular weight excluding hydrogens is 266 g/mol. The van der Waals surface area contributed by atoms with Crippen molar-refractivity contribution in [2.45, 2.75) is 32.7 Å². The monoisotopic (exact) mass is 293 g/mol. The molecule has 1 amide bonds. The van der Waals surface area contributed by atoms with Gasteiger partial charge < -0.3 is 10.2 Å². The van der Waals surface area contributed by atoms with E-state index in [4.69, 9.17) is 0 Å². The summed E-state index contributed by atoms with van der Waals surface area (Å²) >= 11 is 0. The third-order valence-corrected chi connectivity index (χ3v) is 4.10. The number of hydrogen-bond acceptors (Lipinski definition) is 4. The van der Waals surface area contributed by atoms with Gasteiger partial charge in [0.1, 0.15) is 0 Å². The molecule has 2 heterocycles. The fraction of sp³-hybridized carbons (Fsp3) is 0.733. The second kappa shape index (κ2) is 7.45. The summed E-state index contributed by atoms with van der Waals surface area (Å²) in [5.74, 6) is 0.136.